The normalized spacial score (nSPS) is 13.5. The van der Waals surface area contributed by atoms with E-state index < -0.39 is 5.79 Å². The van der Waals surface area contributed by atoms with Gasteiger partial charge >= 0.3 is 0 Å². The number of benzene rings is 5. The number of para-hydroxylation sites is 2. The SMILES string of the molecule is Cc1ccc(COC(C)(OC[C@@H](Cc2ccc(C)cc2)n2c(=N)n(Cc3ccc(C)cc3)c3ccccc32)c2ccccc2)cc1. The molecule has 6 rings (SSSR count). The van der Waals surface area contributed by atoms with Crippen molar-refractivity contribution in [1.82, 2.24) is 9.13 Å². The number of nitrogens with zero attached hydrogens (tertiary/aromatic N) is 2. The van der Waals surface area contributed by atoms with E-state index in [2.05, 4.69) is 139 Å². The van der Waals surface area contributed by atoms with Crippen LogP contribution < -0.4 is 5.62 Å². The Labute approximate surface area is 272 Å². The summed E-state index contributed by atoms with van der Waals surface area (Å²) in [7, 11) is 0. The lowest BCUT2D eigenvalue weighted by molar-refractivity contribution is -0.246. The van der Waals surface area contributed by atoms with Crippen LogP contribution in [0, 0.1) is 26.2 Å². The lowest BCUT2D eigenvalue weighted by atomic mass is 10.0. The minimum absolute atomic E-state index is 0.162. The van der Waals surface area contributed by atoms with Crippen molar-refractivity contribution in [3.8, 4) is 0 Å². The molecule has 0 aliphatic rings. The van der Waals surface area contributed by atoms with Crippen LogP contribution in [0.3, 0.4) is 0 Å². The zero-order valence-electron chi connectivity index (χ0n) is 27.2. The van der Waals surface area contributed by atoms with Gasteiger partial charge in [0.15, 0.2) is 5.79 Å². The number of ether oxygens (including phenoxy) is 2. The third-order valence-electron chi connectivity index (χ3n) is 8.82. The maximum Gasteiger partial charge on any atom is 0.203 e. The van der Waals surface area contributed by atoms with Crippen LogP contribution in [0.15, 0.2) is 127 Å². The van der Waals surface area contributed by atoms with Gasteiger partial charge in [0.2, 0.25) is 5.62 Å². The summed E-state index contributed by atoms with van der Waals surface area (Å²) in [4.78, 5) is 0. The summed E-state index contributed by atoms with van der Waals surface area (Å²) in [6.45, 7) is 9.69. The summed E-state index contributed by atoms with van der Waals surface area (Å²) >= 11 is 0. The quantitative estimate of drug-likeness (QED) is 0.141. The molecule has 0 saturated heterocycles. The highest BCUT2D eigenvalue weighted by atomic mass is 16.7. The largest absolute Gasteiger partial charge is 0.344 e. The van der Waals surface area contributed by atoms with Crippen LogP contribution >= 0.6 is 0 Å². The number of nitrogens with one attached hydrogen (secondary N) is 1. The van der Waals surface area contributed by atoms with Crippen LogP contribution in [0.2, 0.25) is 0 Å². The molecule has 0 fully saturated rings. The van der Waals surface area contributed by atoms with Gasteiger partial charge in [0.05, 0.1) is 36.8 Å². The summed E-state index contributed by atoms with van der Waals surface area (Å²) in [5.74, 6) is -0.999. The van der Waals surface area contributed by atoms with Crippen molar-refractivity contribution in [2.24, 2.45) is 0 Å². The Morgan fingerprint density at radius 3 is 1.74 bits per heavy atom. The minimum Gasteiger partial charge on any atom is -0.344 e. The van der Waals surface area contributed by atoms with Crippen LogP contribution in [0.4, 0.5) is 0 Å². The Hall–Kier alpha value is -4.71. The van der Waals surface area contributed by atoms with Crippen LogP contribution in [0.25, 0.3) is 11.0 Å². The van der Waals surface area contributed by atoms with Gasteiger partial charge in [-0.15, -0.1) is 0 Å². The monoisotopic (exact) mass is 609 g/mol. The van der Waals surface area contributed by atoms with Gasteiger partial charge in [-0.05, 0) is 62.9 Å². The highest BCUT2D eigenvalue weighted by Gasteiger charge is 2.31. The van der Waals surface area contributed by atoms with Gasteiger partial charge in [-0.1, -0.05) is 132 Å². The average molecular weight is 610 g/mol. The fourth-order valence-electron chi connectivity index (χ4n) is 5.99. The van der Waals surface area contributed by atoms with Crippen molar-refractivity contribution < 1.29 is 9.47 Å². The van der Waals surface area contributed by atoms with Gasteiger partial charge in [-0.3, -0.25) is 5.41 Å². The smallest absolute Gasteiger partial charge is 0.203 e. The molecule has 0 bridgehead atoms. The molecule has 0 aliphatic heterocycles. The number of rotatable bonds is 12. The summed E-state index contributed by atoms with van der Waals surface area (Å²) in [5, 5.41) is 9.55. The third kappa shape index (κ3) is 7.07. The van der Waals surface area contributed by atoms with Crippen LogP contribution in [-0.2, 0) is 34.8 Å². The van der Waals surface area contributed by atoms with Gasteiger partial charge in [0.25, 0.3) is 0 Å². The lowest BCUT2D eigenvalue weighted by Crippen LogP contribution is -2.36. The highest BCUT2D eigenvalue weighted by molar-refractivity contribution is 5.76. The summed E-state index contributed by atoms with van der Waals surface area (Å²) in [5.41, 5.74) is 10.6. The molecular weight excluding hydrogens is 566 g/mol. The van der Waals surface area contributed by atoms with Crippen LogP contribution in [-0.4, -0.2) is 15.7 Å². The fourth-order valence-corrected chi connectivity index (χ4v) is 5.99. The van der Waals surface area contributed by atoms with Gasteiger partial charge < -0.3 is 18.6 Å². The van der Waals surface area contributed by atoms with E-state index in [9.17, 15) is 5.41 Å². The molecule has 5 nitrogen and oxygen atoms in total. The van der Waals surface area contributed by atoms with E-state index in [0.29, 0.717) is 31.8 Å². The first kappa shape index (κ1) is 31.3. The van der Waals surface area contributed by atoms with Crippen molar-refractivity contribution >= 4 is 11.0 Å². The van der Waals surface area contributed by atoms with E-state index in [1.807, 2.05) is 25.1 Å². The van der Waals surface area contributed by atoms with E-state index in [0.717, 1.165) is 22.2 Å². The van der Waals surface area contributed by atoms with Gasteiger partial charge in [-0.2, -0.15) is 0 Å². The summed E-state index contributed by atoms with van der Waals surface area (Å²) in [6.07, 6.45) is 0.707. The van der Waals surface area contributed by atoms with Crippen molar-refractivity contribution in [2.75, 3.05) is 6.61 Å². The molecule has 234 valence electrons. The average Bonchev–Trinajstić information content (AvgIpc) is 3.35. The number of hydrogen-bond acceptors (Lipinski definition) is 3. The first-order chi connectivity index (χ1) is 22.3. The fraction of sp³-hybridized carbons (Fsp3) is 0.244. The Kier molecular flexibility index (Phi) is 9.34. The number of aryl methyl sites for hydroxylation is 3. The first-order valence-electron chi connectivity index (χ1n) is 16.0. The second-order valence-corrected chi connectivity index (χ2v) is 12.5. The first-order valence-corrected chi connectivity index (χ1v) is 16.0. The molecule has 1 aromatic heterocycles. The minimum atomic E-state index is -0.999. The predicted molar refractivity (Wildman–Crippen MR) is 186 cm³/mol. The molecule has 0 radical (unpaired) electrons. The van der Waals surface area contributed by atoms with E-state index in [-0.39, 0.29) is 6.04 Å². The number of imidazole rings is 1. The molecule has 2 atom stereocenters. The standard InChI is InChI=1S/C41H43N3O2/c1-30-14-20-33(21-15-30)26-37(29-46-41(4,36-10-6-5-7-11-36)45-28-35-24-18-32(3)19-25-35)44-39-13-9-8-12-38(39)43(40(44)42)27-34-22-16-31(2)17-23-34/h5-25,37,42H,26-29H2,1-4H3/t37-,41?/m1/s1. The van der Waals surface area contributed by atoms with E-state index in [1.54, 1.807) is 0 Å². The van der Waals surface area contributed by atoms with E-state index in [4.69, 9.17) is 9.47 Å². The maximum absolute atomic E-state index is 9.55. The molecule has 46 heavy (non-hydrogen) atoms. The van der Waals surface area contributed by atoms with Crippen LogP contribution in [0.1, 0.15) is 51.9 Å². The molecule has 5 aromatic carbocycles. The molecule has 0 amide bonds. The van der Waals surface area contributed by atoms with E-state index >= 15 is 0 Å². The number of aromatic nitrogens is 2. The molecule has 5 heteroatoms. The van der Waals surface area contributed by atoms with Gasteiger partial charge in [0, 0.05) is 5.56 Å². The van der Waals surface area contributed by atoms with Crippen molar-refractivity contribution in [2.45, 2.75) is 59.1 Å². The van der Waals surface area contributed by atoms with Crippen molar-refractivity contribution in [3.63, 3.8) is 0 Å². The van der Waals surface area contributed by atoms with Gasteiger partial charge in [0.1, 0.15) is 0 Å². The van der Waals surface area contributed by atoms with Crippen molar-refractivity contribution in [1.29, 1.82) is 5.41 Å². The van der Waals surface area contributed by atoms with Gasteiger partial charge in [-0.25, -0.2) is 0 Å². The summed E-state index contributed by atoms with van der Waals surface area (Å²) in [6, 6.07) is 44.0. The second kappa shape index (κ2) is 13.7. The Morgan fingerprint density at radius 1 is 0.609 bits per heavy atom. The number of hydrogen-bond donors (Lipinski definition) is 1. The Bertz CT molecular complexity index is 1940. The molecule has 1 N–H and O–H groups in total. The Balaban J connectivity index is 1.38. The van der Waals surface area contributed by atoms with Crippen LogP contribution in [0.5, 0.6) is 0 Å². The summed E-state index contributed by atoms with van der Waals surface area (Å²) < 4.78 is 17.8. The van der Waals surface area contributed by atoms with Crippen molar-refractivity contribution in [3.05, 3.63) is 172 Å². The molecule has 1 heterocycles. The molecule has 0 spiro atoms. The zero-order chi connectivity index (χ0) is 32.1. The topological polar surface area (TPSA) is 52.2 Å². The highest BCUT2D eigenvalue weighted by Crippen LogP contribution is 2.31. The third-order valence-corrected chi connectivity index (χ3v) is 8.82. The number of fused-ring (bicyclic) bond motifs is 1. The maximum atomic E-state index is 9.55. The van der Waals surface area contributed by atoms with E-state index in [1.165, 1.54) is 27.8 Å². The molecule has 0 saturated carbocycles. The molecule has 1 unspecified atom stereocenters. The molecule has 6 aromatic rings. The second-order valence-electron chi connectivity index (χ2n) is 12.5. The predicted octanol–water partition coefficient (Wildman–Crippen LogP) is 8.79. The molecular formula is C41H43N3O2. The molecule has 0 aliphatic carbocycles. The zero-order valence-corrected chi connectivity index (χ0v) is 27.2. The lowest BCUT2D eigenvalue weighted by Gasteiger charge is -2.33. The Morgan fingerprint density at radius 2 is 1.13 bits per heavy atom.